The lowest BCUT2D eigenvalue weighted by atomic mass is 10.1. The zero-order valence-electron chi connectivity index (χ0n) is 12.4. The molecule has 2 aromatic rings. The van der Waals surface area contributed by atoms with E-state index in [9.17, 15) is 0 Å². The highest BCUT2D eigenvalue weighted by atomic mass is 15.2. The number of rotatable bonds is 4. The Morgan fingerprint density at radius 1 is 1.24 bits per heavy atom. The predicted octanol–water partition coefficient (Wildman–Crippen LogP) is 2.30. The first-order valence-electron chi connectivity index (χ1n) is 7.81. The number of hydrogen-bond acceptors (Lipinski definition) is 2. The van der Waals surface area contributed by atoms with Crippen molar-refractivity contribution >= 4 is 17.0 Å². The second-order valence-corrected chi connectivity index (χ2v) is 5.59. The van der Waals surface area contributed by atoms with E-state index >= 15 is 0 Å². The third-order valence-corrected chi connectivity index (χ3v) is 3.96. The van der Waals surface area contributed by atoms with E-state index in [1.54, 1.807) is 0 Å². The van der Waals surface area contributed by atoms with Crippen LogP contribution in [0.4, 0.5) is 0 Å². The Bertz CT molecular complexity index is 577. The first-order valence-corrected chi connectivity index (χ1v) is 7.81. The molecular weight excluding hydrogens is 262 g/mol. The van der Waals surface area contributed by atoms with Gasteiger partial charge in [-0.2, -0.15) is 0 Å². The maximum absolute atomic E-state index is 6.04. The van der Waals surface area contributed by atoms with Gasteiger partial charge in [0.15, 0.2) is 5.96 Å². The predicted molar refractivity (Wildman–Crippen MR) is 86.3 cm³/mol. The van der Waals surface area contributed by atoms with E-state index in [1.807, 2.05) is 18.2 Å². The van der Waals surface area contributed by atoms with E-state index in [0.717, 1.165) is 49.3 Å². The van der Waals surface area contributed by atoms with Crippen LogP contribution in [0.25, 0.3) is 11.0 Å². The average molecular weight is 285 g/mol. The largest absolute Gasteiger partial charge is 0.370 e. The third-order valence-electron chi connectivity index (χ3n) is 3.96. The highest BCUT2D eigenvalue weighted by Gasteiger charge is 2.11. The minimum Gasteiger partial charge on any atom is -0.370 e. The number of aliphatic imine (C=N–C) groups is 1. The number of hydrogen-bond donors (Lipinski definition) is 2. The molecule has 1 fully saturated rings. The van der Waals surface area contributed by atoms with Crippen molar-refractivity contribution in [1.29, 1.82) is 0 Å². The molecule has 1 aliphatic heterocycles. The Hall–Kier alpha value is -2.04. The van der Waals surface area contributed by atoms with Gasteiger partial charge in [0.2, 0.25) is 0 Å². The zero-order chi connectivity index (χ0) is 14.5. The molecular formula is C16H23N5. The summed E-state index contributed by atoms with van der Waals surface area (Å²) in [5.74, 6) is 1.74. The monoisotopic (exact) mass is 285 g/mol. The fourth-order valence-electron chi connectivity index (χ4n) is 2.79. The van der Waals surface area contributed by atoms with Gasteiger partial charge in [0, 0.05) is 26.1 Å². The number of nitrogens with two attached hydrogens (primary N) is 1. The molecule has 0 spiro atoms. The molecule has 0 radical (unpaired) electrons. The number of para-hydroxylation sites is 2. The molecule has 0 atom stereocenters. The molecule has 3 rings (SSSR count). The van der Waals surface area contributed by atoms with E-state index in [-0.39, 0.29) is 0 Å². The van der Waals surface area contributed by atoms with E-state index in [2.05, 4.69) is 25.9 Å². The Labute approximate surface area is 125 Å². The number of piperidine rings is 1. The van der Waals surface area contributed by atoms with Crippen LogP contribution in [0.2, 0.25) is 0 Å². The number of aromatic nitrogens is 2. The highest BCUT2D eigenvalue weighted by Crippen LogP contribution is 2.11. The molecule has 1 aromatic carbocycles. The Morgan fingerprint density at radius 2 is 2.05 bits per heavy atom. The molecule has 5 heteroatoms. The second kappa shape index (κ2) is 6.61. The Morgan fingerprint density at radius 3 is 2.86 bits per heavy atom. The molecule has 1 aliphatic rings. The standard InChI is InChI=1S/C16H23N5/c17-16(21-11-4-1-5-12-21)18-10-6-9-15-19-13-7-2-3-8-14(13)20-15/h2-3,7-8H,1,4-6,9-12H2,(H2,17,18)(H,19,20). The van der Waals surface area contributed by atoms with Gasteiger partial charge in [0.25, 0.3) is 0 Å². The lowest BCUT2D eigenvalue weighted by molar-refractivity contribution is 0.338. The van der Waals surface area contributed by atoms with Gasteiger partial charge in [-0.05, 0) is 37.8 Å². The summed E-state index contributed by atoms with van der Waals surface area (Å²) in [6.07, 6.45) is 5.65. The van der Waals surface area contributed by atoms with Crippen LogP contribution < -0.4 is 5.73 Å². The van der Waals surface area contributed by atoms with Gasteiger partial charge in [0.1, 0.15) is 5.82 Å². The highest BCUT2D eigenvalue weighted by molar-refractivity contribution is 5.78. The third kappa shape index (κ3) is 3.54. The van der Waals surface area contributed by atoms with Crippen LogP contribution in [0, 0.1) is 0 Å². The average Bonchev–Trinajstić information content (AvgIpc) is 2.95. The van der Waals surface area contributed by atoms with Crippen LogP contribution in [0.1, 0.15) is 31.5 Å². The van der Waals surface area contributed by atoms with Crippen molar-refractivity contribution in [3.05, 3.63) is 30.1 Å². The van der Waals surface area contributed by atoms with Crippen molar-refractivity contribution in [2.24, 2.45) is 10.7 Å². The molecule has 2 heterocycles. The van der Waals surface area contributed by atoms with Crippen molar-refractivity contribution in [2.45, 2.75) is 32.1 Å². The molecule has 0 aliphatic carbocycles. The van der Waals surface area contributed by atoms with Gasteiger partial charge < -0.3 is 15.6 Å². The molecule has 0 unspecified atom stereocenters. The zero-order valence-corrected chi connectivity index (χ0v) is 12.4. The van der Waals surface area contributed by atoms with Gasteiger partial charge in [-0.25, -0.2) is 4.98 Å². The van der Waals surface area contributed by atoms with E-state index in [4.69, 9.17) is 5.73 Å². The number of H-pyrrole nitrogens is 1. The molecule has 21 heavy (non-hydrogen) atoms. The van der Waals surface area contributed by atoms with Gasteiger partial charge in [-0.15, -0.1) is 0 Å². The number of benzene rings is 1. The second-order valence-electron chi connectivity index (χ2n) is 5.59. The van der Waals surface area contributed by atoms with Crippen LogP contribution in [-0.2, 0) is 6.42 Å². The van der Waals surface area contributed by atoms with Crippen LogP contribution >= 0.6 is 0 Å². The minimum absolute atomic E-state index is 0.708. The van der Waals surface area contributed by atoms with Gasteiger partial charge in [-0.1, -0.05) is 12.1 Å². The smallest absolute Gasteiger partial charge is 0.191 e. The van der Waals surface area contributed by atoms with Crippen LogP contribution in [0.3, 0.4) is 0 Å². The summed E-state index contributed by atoms with van der Waals surface area (Å²) in [6, 6.07) is 8.12. The van der Waals surface area contributed by atoms with Crippen molar-refractivity contribution in [2.75, 3.05) is 19.6 Å². The molecule has 0 bridgehead atoms. The van der Waals surface area contributed by atoms with Crippen molar-refractivity contribution in [3.63, 3.8) is 0 Å². The summed E-state index contributed by atoms with van der Waals surface area (Å²) in [5, 5.41) is 0. The van der Waals surface area contributed by atoms with Crippen molar-refractivity contribution in [1.82, 2.24) is 14.9 Å². The minimum atomic E-state index is 0.708. The number of fused-ring (bicyclic) bond motifs is 1. The van der Waals surface area contributed by atoms with Gasteiger partial charge >= 0.3 is 0 Å². The molecule has 0 saturated carbocycles. The maximum atomic E-state index is 6.04. The van der Waals surface area contributed by atoms with Crippen LogP contribution in [0.15, 0.2) is 29.3 Å². The summed E-state index contributed by atoms with van der Waals surface area (Å²) < 4.78 is 0. The fourth-order valence-corrected chi connectivity index (χ4v) is 2.79. The fraction of sp³-hybridized carbons (Fsp3) is 0.500. The molecule has 3 N–H and O–H groups in total. The quantitative estimate of drug-likeness (QED) is 0.514. The van der Waals surface area contributed by atoms with Crippen LogP contribution in [0.5, 0.6) is 0 Å². The lowest BCUT2D eigenvalue weighted by Gasteiger charge is -2.27. The summed E-state index contributed by atoms with van der Waals surface area (Å²) in [4.78, 5) is 14.6. The molecule has 1 aromatic heterocycles. The summed E-state index contributed by atoms with van der Waals surface area (Å²) >= 11 is 0. The van der Waals surface area contributed by atoms with Gasteiger partial charge in [-0.3, -0.25) is 4.99 Å². The molecule has 5 nitrogen and oxygen atoms in total. The number of aromatic amines is 1. The molecule has 112 valence electrons. The van der Waals surface area contributed by atoms with Crippen LogP contribution in [-0.4, -0.2) is 40.5 Å². The van der Waals surface area contributed by atoms with E-state index in [0.29, 0.717) is 5.96 Å². The number of imidazole rings is 1. The number of nitrogens with one attached hydrogen (secondary N) is 1. The van der Waals surface area contributed by atoms with Gasteiger partial charge in [0.05, 0.1) is 11.0 Å². The number of guanidine groups is 1. The number of likely N-dealkylation sites (tertiary alicyclic amines) is 1. The lowest BCUT2D eigenvalue weighted by Crippen LogP contribution is -2.40. The summed E-state index contributed by atoms with van der Waals surface area (Å²) in [7, 11) is 0. The van der Waals surface area contributed by atoms with Crippen molar-refractivity contribution < 1.29 is 0 Å². The van der Waals surface area contributed by atoms with E-state index < -0.39 is 0 Å². The Balaban J connectivity index is 1.49. The first-order chi connectivity index (χ1) is 10.3. The first kappa shape index (κ1) is 13.9. The topological polar surface area (TPSA) is 70.3 Å². The maximum Gasteiger partial charge on any atom is 0.191 e. The molecule has 0 amide bonds. The van der Waals surface area contributed by atoms with E-state index in [1.165, 1.54) is 19.3 Å². The van der Waals surface area contributed by atoms with Crippen molar-refractivity contribution in [3.8, 4) is 0 Å². The summed E-state index contributed by atoms with van der Waals surface area (Å²) in [6.45, 7) is 2.87. The normalized spacial score (nSPS) is 16.6. The SMILES string of the molecule is NC(=NCCCc1nc2ccccc2[nH]1)N1CCCCC1. The summed E-state index contributed by atoms with van der Waals surface area (Å²) in [5.41, 5.74) is 8.17. The number of aryl methyl sites for hydroxylation is 1. The molecule has 1 saturated heterocycles. The number of nitrogens with zero attached hydrogens (tertiary/aromatic N) is 3. The Kier molecular flexibility index (Phi) is 4.38.